The van der Waals surface area contributed by atoms with Crippen LogP contribution in [0.1, 0.15) is 49.9 Å². The van der Waals surface area contributed by atoms with Gasteiger partial charge in [0.1, 0.15) is 0 Å². The molecule has 1 heterocycles. The number of hydrogen-bond acceptors (Lipinski definition) is 2. The second-order valence-corrected chi connectivity index (χ2v) is 8.20. The molecule has 0 aliphatic carbocycles. The third kappa shape index (κ3) is 4.35. The summed E-state index contributed by atoms with van der Waals surface area (Å²) >= 11 is 0. The zero-order valence-electron chi connectivity index (χ0n) is 17.3. The quantitative estimate of drug-likeness (QED) is 0.629. The Morgan fingerprint density at radius 3 is 2.31 bits per heavy atom. The van der Waals surface area contributed by atoms with Crippen LogP contribution in [0.15, 0.2) is 72.8 Å². The molecular weight excluding hydrogens is 356 g/mol. The van der Waals surface area contributed by atoms with E-state index in [1.807, 2.05) is 18.2 Å². The van der Waals surface area contributed by atoms with E-state index in [0.717, 1.165) is 31.5 Å². The molecule has 3 nitrogen and oxygen atoms in total. The van der Waals surface area contributed by atoms with Gasteiger partial charge in [0.15, 0.2) is 0 Å². The first kappa shape index (κ1) is 19.7. The fraction of sp³-hybridized carbons (Fsp3) is 0.346. The van der Waals surface area contributed by atoms with Crippen LogP contribution in [0, 0.1) is 5.92 Å². The summed E-state index contributed by atoms with van der Waals surface area (Å²) in [5.41, 5.74) is 2.53. The third-order valence-corrected chi connectivity index (χ3v) is 6.38. The van der Waals surface area contributed by atoms with Crippen molar-refractivity contribution in [1.29, 1.82) is 0 Å². The van der Waals surface area contributed by atoms with Crippen molar-refractivity contribution < 1.29 is 4.79 Å². The summed E-state index contributed by atoms with van der Waals surface area (Å²) in [5.74, 6) is 0.302. The summed E-state index contributed by atoms with van der Waals surface area (Å²) in [6.45, 7) is 6.27. The monoisotopic (exact) mass is 386 g/mol. The van der Waals surface area contributed by atoms with Gasteiger partial charge < -0.3 is 5.32 Å². The fourth-order valence-corrected chi connectivity index (χ4v) is 4.52. The minimum absolute atomic E-state index is 0.0522. The average Bonchev–Trinajstić information content (AvgIpc) is 2.79. The Morgan fingerprint density at radius 1 is 0.897 bits per heavy atom. The first-order valence-electron chi connectivity index (χ1n) is 10.7. The molecule has 1 aliphatic heterocycles. The Bertz CT molecular complexity index is 955. The Balaban J connectivity index is 1.37. The highest BCUT2D eigenvalue weighted by Gasteiger charge is 2.28. The van der Waals surface area contributed by atoms with E-state index in [1.54, 1.807) is 0 Å². The molecule has 0 saturated carbocycles. The van der Waals surface area contributed by atoms with Crippen LogP contribution >= 0.6 is 0 Å². The van der Waals surface area contributed by atoms with E-state index in [4.69, 9.17) is 0 Å². The predicted molar refractivity (Wildman–Crippen MR) is 120 cm³/mol. The van der Waals surface area contributed by atoms with Crippen LogP contribution in [0.3, 0.4) is 0 Å². The minimum atomic E-state index is 0.0522. The van der Waals surface area contributed by atoms with Crippen molar-refractivity contribution >= 4 is 16.7 Å². The van der Waals surface area contributed by atoms with Gasteiger partial charge in [-0.3, -0.25) is 9.69 Å². The van der Waals surface area contributed by atoms with Crippen molar-refractivity contribution in [2.45, 2.75) is 38.8 Å². The summed E-state index contributed by atoms with van der Waals surface area (Å²) in [5, 5.41) is 5.83. The molecule has 150 valence electrons. The van der Waals surface area contributed by atoms with Crippen LogP contribution in [0.5, 0.6) is 0 Å². The van der Waals surface area contributed by atoms with Gasteiger partial charge in [0.2, 0.25) is 5.91 Å². The third-order valence-electron chi connectivity index (χ3n) is 6.38. The number of carbonyl (C=O) groups is 1. The molecule has 29 heavy (non-hydrogen) atoms. The SMILES string of the molecule is C[C@H](c1cccc2ccccc12)N1CCC(C(=O)N[C@H](C)c2ccccc2)CC1. The van der Waals surface area contributed by atoms with Gasteiger partial charge in [0, 0.05) is 12.0 Å². The maximum absolute atomic E-state index is 12.8. The predicted octanol–water partition coefficient (Wildman–Crippen LogP) is 5.49. The average molecular weight is 387 g/mol. The number of piperidine rings is 1. The van der Waals surface area contributed by atoms with E-state index in [1.165, 1.54) is 16.3 Å². The summed E-state index contributed by atoms with van der Waals surface area (Å²) in [6, 6.07) is 25.8. The van der Waals surface area contributed by atoms with Gasteiger partial charge >= 0.3 is 0 Å². The van der Waals surface area contributed by atoms with Gasteiger partial charge in [0.05, 0.1) is 6.04 Å². The number of fused-ring (bicyclic) bond motifs is 1. The number of amides is 1. The molecule has 0 radical (unpaired) electrons. The molecule has 1 aliphatic rings. The lowest BCUT2D eigenvalue weighted by molar-refractivity contribution is -0.127. The van der Waals surface area contributed by atoms with Crippen molar-refractivity contribution in [3.63, 3.8) is 0 Å². The molecule has 2 atom stereocenters. The van der Waals surface area contributed by atoms with Gasteiger partial charge in [-0.05, 0) is 61.7 Å². The van der Waals surface area contributed by atoms with E-state index < -0.39 is 0 Å². The summed E-state index contributed by atoms with van der Waals surface area (Å²) in [4.78, 5) is 15.3. The second-order valence-electron chi connectivity index (χ2n) is 8.20. The van der Waals surface area contributed by atoms with Gasteiger partial charge in [-0.15, -0.1) is 0 Å². The maximum atomic E-state index is 12.8. The number of rotatable bonds is 5. The summed E-state index contributed by atoms with van der Waals surface area (Å²) in [6.07, 6.45) is 1.84. The molecule has 1 saturated heterocycles. The lowest BCUT2D eigenvalue weighted by atomic mass is 9.92. The Labute approximate surface area is 173 Å². The number of hydrogen-bond donors (Lipinski definition) is 1. The molecular formula is C26H30N2O. The van der Waals surface area contributed by atoms with Crippen LogP contribution in [-0.2, 0) is 4.79 Å². The fourth-order valence-electron chi connectivity index (χ4n) is 4.52. The van der Waals surface area contributed by atoms with Crippen molar-refractivity contribution in [3.05, 3.63) is 83.9 Å². The topological polar surface area (TPSA) is 32.3 Å². The zero-order valence-corrected chi connectivity index (χ0v) is 17.3. The standard InChI is InChI=1S/C26H30N2O/c1-19(21-9-4-3-5-10-21)27-26(29)23-15-17-28(18-16-23)20(2)24-14-8-12-22-11-6-7-13-25(22)24/h3-14,19-20,23H,15-18H2,1-2H3,(H,27,29)/t19-,20-/m1/s1. The lowest BCUT2D eigenvalue weighted by Crippen LogP contribution is -2.42. The number of likely N-dealkylation sites (tertiary alicyclic amines) is 1. The maximum Gasteiger partial charge on any atom is 0.223 e. The van der Waals surface area contributed by atoms with E-state index in [9.17, 15) is 4.79 Å². The van der Waals surface area contributed by atoms with Crippen LogP contribution < -0.4 is 5.32 Å². The van der Waals surface area contributed by atoms with Gasteiger partial charge in [-0.25, -0.2) is 0 Å². The second kappa shape index (κ2) is 8.79. The Kier molecular flexibility index (Phi) is 5.96. The minimum Gasteiger partial charge on any atom is -0.349 e. The molecule has 3 aromatic rings. The Morgan fingerprint density at radius 2 is 1.55 bits per heavy atom. The van der Waals surface area contributed by atoms with Crippen LogP contribution in [0.4, 0.5) is 0 Å². The molecule has 1 fully saturated rings. The van der Waals surface area contributed by atoms with Gasteiger partial charge in [-0.1, -0.05) is 72.8 Å². The van der Waals surface area contributed by atoms with Gasteiger partial charge in [-0.2, -0.15) is 0 Å². The first-order valence-corrected chi connectivity index (χ1v) is 10.7. The number of nitrogens with one attached hydrogen (secondary N) is 1. The highest BCUT2D eigenvalue weighted by Crippen LogP contribution is 2.31. The van der Waals surface area contributed by atoms with Crippen molar-refractivity contribution in [2.75, 3.05) is 13.1 Å². The molecule has 1 N–H and O–H groups in total. The van der Waals surface area contributed by atoms with E-state index in [2.05, 4.69) is 78.7 Å². The molecule has 0 aromatic heterocycles. The molecule has 0 bridgehead atoms. The number of nitrogens with zero attached hydrogens (tertiary/aromatic N) is 1. The number of benzene rings is 3. The van der Waals surface area contributed by atoms with Gasteiger partial charge in [0.25, 0.3) is 0 Å². The molecule has 0 spiro atoms. The van der Waals surface area contributed by atoms with Crippen molar-refractivity contribution in [1.82, 2.24) is 10.2 Å². The van der Waals surface area contributed by atoms with E-state index >= 15 is 0 Å². The highest BCUT2D eigenvalue weighted by atomic mass is 16.1. The summed E-state index contributed by atoms with van der Waals surface area (Å²) in [7, 11) is 0. The van der Waals surface area contributed by atoms with Crippen LogP contribution in [0.2, 0.25) is 0 Å². The molecule has 0 unspecified atom stereocenters. The lowest BCUT2D eigenvalue weighted by Gasteiger charge is -2.36. The zero-order chi connectivity index (χ0) is 20.2. The molecule has 1 amide bonds. The summed E-state index contributed by atoms with van der Waals surface area (Å²) < 4.78 is 0. The van der Waals surface area contributed by atoms with Crippen LogP contribution in [-0.4, -0.2) is 23.9 Å². The largest absolute Gasteiger partial charge is 0.349 e. The number of carbonyl (C=O) groups excluding carboxylic acids is 1. The van der Waals surface area contributed by atoms with Crippen molar-refractivity contribution in [3.8, 4) is 0 Å². The normalized spacial score (nSPS) is 17.7. The van der Waals surface area contributed by atoms with E-state index in [0.29, 0.717) is 6.04 Å². The van der Waals surface area contributed by atoms with E-state index in [-0.39, 0.29) is 17.9 Å². The molecule has 4 rings (SSSR count). The molecule has 3 aromatic carbocycles. The first-order chi connectivity index (χ1) is 14.1. The Hall–Kier alpha value is -2.65. The van der Waals surface area contributed by atoms with Crippen molar-refractivity contribution in [2.24, 2.45) is 5.92 Å². The smallest absolute Gasteiger partial charge is 0.223 e. The molecule has 3 heteroatoms. The highest BCUT2D eigenvalue weighted by molar-refractivity contribution is 5.86. The van der Waals surface area contributed by atoms with Crippen LogP contribution in [0.25, 0.3) is 10.8 Å².